The van der Waals surface area contributed by atoms with Crippen molar-refractivity contribution in [3.8, 4) is 0 Å². The number of hydrogen-bond acceptors (Lipinski definition) is 6. The largest absolute Gasteiger partial charge is 0.393 e. The van der Waals surface area contributed by atoms with Gasteiger partial charge in [-0.1, -0.05) is 0 Å². The Kier molecular flexibility index (Phi) is 3.85. The van der Waals surface area contributed by atoms with Gasteiger partial charge in [-0.05, 0) is 39.2 Å². The van der Waals surface area contributed by atoms with Gasteiger partial charge in [0.05, 0.1) is 30.0 Å². The van der Waals surface area contributed by atoms with Crippen LogP contribution in [0.4, 0.5) is 5.82 Å². The lowest BCUT2D eigenvalue weighted by atomic mass is 9.64. The summed E-state index contributed by atoms with van der Waals surface area (Å²) in [5.74, 6) is 0.0467. The molecule has 3 atom stereocenters. The van der Waals surface area contributed by atoms with Gasteiger partial charge in [0.15, 0.2) is 11.6 Å². The Hall–Kier alpha value is -2.03. The fraction of sp³-hybridized carbons (Fsp3) is 0.650. The van der Waals surface area contributed by atoms with E-state index >= 15 is 0 Å². The van der Waals surface area contributed by atoms with E-state index in [2.05, 4.69) is 25.7 Å². The molecule has 1 saturated heterocycles. The van der Waals surface area contributed by atoms with E-state index in [-0.39, 0.29) is 29.8 Å². The third-order valence-corrected chi connectivity index (χ3v) is 6.27. The van der Waals surface area contributed by atoms with Crippen LogP contribution < -0.4 is 0 Å². The van der Waals surface area contributed by atoms with Crippen LogP contribution in [-0.2, 0) is 9.47 Å². The maximum atomic E-state index is 10.0. The topological polar surface area (TPSA) is 85.0 Å². The number of aliphatic hydroxyl groups excluding tert-OH is 1. The highest BCUT2D eigenvalue weighted by molar-refractivity contribution is 5.87. The van der Waals surface area contributed by atoms with Crippen LogP contribution in [0.5, 0.6) is 0 Å². The lowest BCUT2D eigenvalue weighted by Crippen LogP contribution is -2.48. The van der Waals surface area contributed by atoms with Gasteiger partial charge >= 0.3 is 0 Å². The van der Waals surface area contributed by atoms with Crippen molar-refractivity contribution in [2.75, 3.05) is 14.1 Å². The molecule has 0 amide bonds. The number of ether oxygens (including phenoxy) is 2. The van der Waals surface area contributed by atoms with E-state index < -0.39 is 5.79 Å². The van der Waals surface area contributed by atoms with Crippen molar-refractivity contribution < 1.29 is 14.6 Å². The second-order valence-corrected chi connectivity index (χ2v) is 9.08. The van der Waals surface area contributed by atoms with Crippen LogP contribution in [0.15, 0.2) is 23.6 Å². The average molecular weight is 385 g/mol. The summed E-state index contributed by atoms with van der Waals surface area (Å²) >= 11 is 0. The molecule has 3 fully saturated rings. The Morgan fingerprint density at radius 2 is 2.04 bits per heavy atom. The molecule has 3 aliphatic rings. The lowest BCUT2D eigenvalue weighted by molar-refractivity contribution is -0.187. The smallest absolute Gasteiger partial charge is 0.166 e. The van der Waals surface area contributed by atoms with Crippen LogP contribution >= 0.6 is 0 Å². The SMILES string of the molecule is CN(C)C=Nc1ncnc2c1ccn2[C@@H]1CC2(CC(O)C2)[C@H]2OC(C)(C)O[C@@H]12. The summed E-state index contributed by atoms with van der Waals surface area (Å²) in [4.78, 5) is 15.2. The molecule has 28 heavy (non-hydrogen) atoms. The molecule has 2 saturated carbocycles. The monoisotopic (exact) mass is 385 g/mol. The molecule has 2 aromatic heterocycles. The minimum Gasteiger partial charge on any atom is -0.393 e. The zero-order chi connectivity index (χ0) is 19.7. The number of aliphatic imine (C=N–C) groups is 1. The predicted octanol–water partition coefficient (Wildman–Crippen LogP) is 2.26. The molecule has 0 aromatic carbocycles. The van der Waals surface area contributed by atoms with Crippen molar-refractivity contribution in [2.24, 2.45) is 10.4 Å². The molecule has 0 radical (unpaired) electrons. The molecule has 150 valence electrons. The van der Waals surface area contributed by atoms with Gasteiger partial charge in [-0.25, -0.2) is 15.0 Å². The van der Waals surface area contributed by atoms with E-state index in [4.69, 9.17) is 9.47 Å². The molecule has 0 bridgehead atoms. The van der Waals surface area contributed by atoms with E-state index in [0.29, 0.717) is 5.82 Å². The summed E-state index contributed by atoms with van der Waals surface area (Å²) < 4.78 is 14.8. The minimum absolute atomic E-state index is 0.00131. The summed E-state index contributed by atoms with van der Waals surface area (Å²) in [5, 5.41) is 10.9. The Labute approximate surface area is 164 Å². The first-order valence-corrected chi connectivity index (χ1v) is 9.84. The van der Waals surface area contributed by atoms with Crippen LogP contribution in [-0.4, -0.2) is 69.1 Å². The van der Waals surface area contributed by atoms with Gasteiger partial charge in [0.2, 0.25) is 0 Å². The predicted molar refractivity (Wildman–Crippen MR) is 105 cm³/mol. The maximum Gasteiger partial charge on any atom is 0.166 e. The van der Waals surface area contributed by atoms with Crippen LogP contribution in [0, 0.1) is 5.41 Å². The van der Waals surface area contributed by atoms with Crippen LogP contribution in [0.3, 0.4) is 0 Å². The average Bonchev–Trinajstić information content (AvgIpc) is 3.23. The van der Waals surface area contributed by atoms with Crippen molar-refractivity contribution in [1.29, 1.82) is 0 Å². The zero-order valence-corrected chi connectivity index (χ0v) is 16.7. The van der Waals surface area contributed by atoms with E-state index in [1.165, 1.54) is 0 Å². The van der Waals surface area contributed by atoms with E-state index in [1.807, 2.05) is 38.9 Å². The number of rotatable bonds is 3. The highest BCUT2D eigenvalue weighted by atomic mass is 16.8. The van der Waals surface area contributed by atoms with Crippen molar-refractivity contribution in [3.63, 3.8) is 0 Å². The third-order valence-electron chi connectivity index (χ3n) is 6.27. The number of hydrogen-bond donors (Lipinski definition) is 1. The number of aromatic nitrogens is 3. The first-order valence-electron chi connectivity index (χ1n) is 9.84. The molecule has 1 spiro atoms. The maximum absolute atomic E-state index is 10.0. The quantitative estimate of drug-likeness (QED) is 0.644. The van der Waals surface area contributed by atoms with Gasteiger partial charge in [-0.3, -0.25) is 0 Å². The first-order chi connectivity index (χ1) is 13.3. The molecule has 8 heteroatoms. The summed E-state index contributed by atoms with van der Waals surface area (Å²) in [7, 11) is 3.86. The molecule has 1 aliphatic heterocycles. The third kappa shape index (κ3) is 2.66. The highest BCUT2D eigenvalue weighted by Crippen LogP contribution is 2.62. The summed E-state index contributed by atoms with van der Waals surface area (Å²) in [5.41, 5.74) is 0.841. The fourth-order valence-electron chi connectivity index (χ4n) is 5.23. The van der Waals surface area contributed by atoms with Crippen LogP contribution in [0.25, 0.3) is 11.0 Å². The van der Waals surface area contributed by atoms with E-state index in [9.17, 15) is 5.11 Å². The summed E-state index contributed by atoms with van der Waals surface area (Å²) in [6, 6.07) is 2.13. The number of nitrogens with zero attached hydrogens (tertiary/aromatic N) is 5. The Bertz CT molecular complexity index is 931. The fourth-order valence-corrected chi connectivity index (χ4v) is 5.23. The first kappa shape index (κ1) is 18.0. The molecular formula is C20H27N5O3. The normalized spacial score (nSPS) is 36.3. The molecule has 2 aromatic rings. The summed E-state index contributed by atoms with van der Waals surface area (Å²) in [6.45, 7) is 3.93. The van der Waals surface area contributed by atoms with Gasteiger partial charge < -0.3 is 24.0 Å². The number of fused-ring (bicyclic) bond motifs is 3. The molecule has 3 heterocycles. The second kappa shape index (κ2) is 5.98. The molecule has 2 aliphatic carbocycles. The number of aliphatic hydroxyl groups is 1. The second-order valence-electron chi connectivity index (χ2n) is 9.08. The van der Waals surface area contributed by atoms with Gasteiger partial charge in [0.1, 0.15) is 18.1 Å². The zero-order valence-electron chi connectivity index (χ0n) is 16.7. The molecule has 1 N–H and O–H groups in total. The lowest BCUT2D eigenvalue weighted by Gasteiger charge is -2.46. The van der Waals surface area contributed by atoms with E-state index in [1.54, 1.807) is 12.7 Å². The Balaban J connectivity index is 1.54. The van der Waals surface area contributed by atoms with Crippen molar-refractivity contribution >= 4 is 23.2 Å². The molecule has 0 unspecified atom stereocenters. The standard InChI is InChI=1S/C20H27N5O3/c1-19(2)27-15-14(9-20(16(15)28-19)7-12(26)8-20)25-6-5-13-17(23-11-24(3)4)21-10-22-18(13)25/h5-6,10-12,14-16,26H,7-9H2,1-4H3/t12?,14-,15+,16+,20?/m1/s1. The Morgan fingerprint density at radius 3 is 2.75 bits per heavy atom. The van der Waals surface area contributed by atoms with Gasteiger partial charge in [0, 0.05) is 25.7 Å². The van der Waals surface area contributed by atoms with Crippen LogP contribution in [0.1, 0.15) is 39.2 Å². The van der Waals surface area contributed by atoms with Crippen molar-refractivity contribution in [2.45, 2.75) is 63.3 Å². The van der Waals surface area contributed by atoms with Crippen molar-refractivity contribution in [1.82, 2.24) is 19.4 Å². The minimum atomic E-state index is -0.610. The molecular weight excluding hydrogens is 358 g/mol. The van der Waals surface area contributed by atoms with E-state index in [0.717, 1.165) is 30.3 Å². The van der Waals surface area contributed by atoms with Gasteiger partial charge in [-0.15, -0.1) is 0 Å². The molecule has 8 nitrogen and oxygen atoms in total. The summed E-state index contributed by atoms with van der Waals surface area (Å²) in [6.07, 6.45) is 7.54. The molecule has 5 rings (SSSR count). The van der Waals surface area contributed by atoms with Crippen molar-refractivity contribution in [3.05, 3.63) is 18.6 Å². The van der Waals surface area contributed by atoms with Crippen LogP contribution in [0.2, 0.25) is 0 Å². The van der Waals surface area contributed by atoms with Gasteiger partial charge in [-0.2, -0.15) is 0 Å². The van der Waals surface area contributed by atoms with Gasteiger partial charge in [0.25, 0.3) is 0 Å². The Morgan fingerprint density at radius 1 is 1.25 bits per heavy atom. The highest BCUT2D eigenvalue weighted by Gasteiger charge is 2.65.